The molecule has 0 aromatic heterocycles. The number of ether oxygens (including phenoxy) is 2. The van der Waals surface area contributed by atoms with Gasteiger partial charge in [0.15, 0.2) is 0 Å². The highest BCUT2D eigenvalue weighted by Gasteiger charge is 2.32. The van der Waals surface area contributed by atoms with E-state index in [0.29, 0.717) is 5.56 Å². The number of hydrogen-bond donors (Lipinski definition) is 3. The zero-order valence-electron chi connectivity index (χ0n) is 17.6. The maximum absolute atomic E-state index is 12.9. The summed E-state index contributed by atoms with van der Waals surface area (Å²) in [5.41, 5.74) is -0.0909. The molecular formula is C22H23F3N2O6. The zero-order valence-corrected chi connectivity index (χ0v) is 17.6. The summed E-state index contributed by atoms with van der Waals surface area (Å²) in [5, 5.41) is 13.9. The van der Waals surface area contributed by atoms with E-state index in [2.05, 4.69) is 15.4 Å². The van der Waals surface area contributed by atoms with Gasteiger partial charge in [-0.25, -0.2) is 9.59 Å². The largest absolute Gasteiger partial charge is 0.467 e. The molecule has 2 amide bonds. The van der Waals surface area contributed by atoms with E-state index >= 15 is 0 Å². The van der Waals surface area contributed by atoms with Crippen molar-refractivity contribution in [3.63, 3.8) is 0 Å². The Morgan fingerprint density at radius 1 is 0.970 bits per heavy atom. The van der Waals surface area contributed by atoms with E-state index in [-0.39, 0.29) is 18.6 Å². The number of carbonyl (C=O) groups excluding carboxylic acids is 3. The number of esters is 1. The second-order valence-electron chi connectivity index (χ2n) is 6.93. The van der Waals surface area contributed by atoms with Gasteiger partial charge in [0.1, 0.15) is 18.7 Å². The van der Waals surface area contributed by atoms with Crippen LogP contribution in [0.5, 0.6) is 0 Å². The quantitative estimate of drug-likeness (QED) is 0.487. The van der Waals surface area contributed by atoms with Gasteiger partial charge in [-0.1, -0.05) is 48.5 Å². The number of amides is 2. The van der Waals surface area contributed by atoms with Crippen LogP contribution in [-0.4, -0.2) is 48.9 Å². The number of aliphatic hydroxyl groups is 1. The fourth-order valence-corrected chi connectivity index (χ4v) is 2.82. The second-order valence-corrected chi connectivity index (χ2v) is 6.93. The first kappa shape index (κ1) is 25.7. The van der Waals surface area contributed by atoms with Crippen molar-refractivity contribution in [1.29, 1.82) is 0 Å². The number of alkyl carbamates (subject to hydrolysis) is 1. The molecule has 2 atom stereocenters. The lowest BCUT2D eigenvalue weighted by atomic mass is 10.0. The average Bonchev–Trinajstić information content (AvgIpc) is 2.80. The molecule has 11 heteroatoms. The van der Waals surface area contributed by atoms with Gasteiger partial charge < -0.3 is 25.2 Å². The third kappa shape index (κ3) is 8.11. The molecule has 0 aliphatic rings. The lowest BCUT2D eigenvalue weighted by Crippen LogP contribution is -2.54. The Labute approximate surface area is 187 Å². The van der Waals surface area contributed by atoms with Crippen LogP contribution in [0.2, 0.25) is 0 Å². The number of benzene rings is 2. The van der Waals surface area contributed by atoms with Gasteiger partial charge in [-0.05, 0) is 17.2 Å². The molecule has 0 fully saturated rings. The molecule has 3 N–H and O–H groups in total. The monoisotopic (exact) mass is 468 g/mol. The summed E-state index contributed by atoms with van der Waals surface area (Å²) in [6.07, 6.45) is -5.87. The Morgan fingerprint density at radius 3 is 2.24 bits per heavy atom. The molecule has 2 rings (SSSR count). The molecule has 0 unspecified atom stereocenters. The van der Waals surface area contributed by atoms with Gasteiger partial charge in [-0.3, -0.25) is 4.79 Å². The summed E-state index contributed by atoms with van der Waals surface area (Å²) >= 11 is 0. The highest BCUT2D eigenvalue weighted by atomic mass is 19.4. The highest BCUT2D eigenvalue weighted by Crippen LogP contribution is 2.29. The van der Waals surface area contributed by atoms with Crippen molar-refractivity contribution in [2.24, 2.45) is 0 Å². The predicted molar refractivity (Wildman–Crippen MR) is 110 cm³/mol. The Hall–Kier alpha value is -3.60. The first-order valence-corrected chi connectivity index (χ1v) is 9.76. The fraction of sp³-hybridized carbons (Fsp3) is 0.318. The summed E-state index contributed by atoms with van der Waals surface area (Å²) in [5.74, 6) is -1.86. The third-order valence-electron chi connectivity index (χ3n) is 4.50. The van der Waals surface area contributed by atoms with E-state index in [0.717, 1.165) is 19.2 Å². The smallest absolute Gasteiger partial charge is 0.416 e. The Bertz CT molecular complexity index is 953. The molecule has 0 saturated heterocycles. The van der Waals surface area contributed by atoms with Crippen molar-refractivity contribution in [1.82, 2.24) is 10.6 Å². The third-order valence-corrected chi connectivity index (χ3v) is 4.50. The highest BCUT2D eigenvalue weighted by molar-refractivity contribution is 5.89. The molecule has 0 spiro atoms. The Kier molecular flexibility index (Phi) is 9.22. The molecule has 0 radical (unpaired) electrons. The van der Waals surface area contributed by atoms with Gasteiger partial charge in [0, 0.05) is 6.42 Å². The van der Waals surface area contributed by atoms with Crippen LogP contribution in [0.1, 0.15) is 16.7 Å². The molecule has 0 aliphatic carbocycles. The lowest BCUT2D eigenvalue weighted by Gasteiger charge is -2.21. The van der Waals surface area contributed by atoms with Crippen LogP contribution >= 0.6 is 0 Å². The maximum Gasteiger partial charge on any atom is 0.416 e. The lowest BCUT2D eigenvalue weighted by molar-refractivity contribution is -0.145. The van der Waals surface area contributed by atoms with Gasteiger partial charge in [0.05, 0.1) is 19.3 Å². The van der Waals surface area contributed by atoms with Gasteiger partial charge >= 0.3 is 18.2 Å². The van der Waals surface area contributed by atoms with E-state index in [4.69, 9.17) is 4.74 Å². The van der Waals surface area contributed by atoms with Crippen LogP contribution in [0, 0.1) is 0 Å². The predicted octanol–water partition coefficient (Wildman–Crippen LogP) is 2.19. The minimum absolute atomic E-state index is 0.0766. The van der Waals surface area contributed by atoms with Gasteiger partial charge in [0.25, 0.3) is 0 Å². The van der Waals surface area contributed by atoms with Crippen molar-refractivity contribution in [3.05, 3.63) is 71.3 Å². The number of rotatable bonds is 9. The Balaban J connectivity index is 2.02. The van der Waals surface area contributed by atoms with Crippen molar-refractivity contribution in [2.45, 2.75) is 31.3 Å². The van der Waals surface area contributed by atoms with E-state index in [1.165, 1.54) is 12.1 Å². The van der Waals surface area contributed by atoms with Gasteiger partial charge in [-0.15, -0.1) is 0 Å². The van der Waals surface area contributed by atoms with E-state index in [1.54, 1.807) is 30.3 Å². The van der Waals surface area contributed by atoms with Crippen LogP contribution in [-0.2, 0) is 38.3 Å². The minimum atomic E-state index is -4.58. The number of alkyl halides is 3. The first-order chi connectivity index (χ1) is 15.6. The van der Waals surface area contributed by atoms with Crippen LogP contribution in [0.15, 0.2) is 54.6 Å². The zero-order chi connectivity index (χ0) is 24.4. The second kappa shape index (κ2) is 11.9. The number of nitrogens with one attached hydrogen (secondary N) is 2. The molecule has 0 aliphatic heterocycles. The SMILES string of the molecule is COC(=O)[C@H](Cc1cccc(C(F)(F)F)c1)NC(=O)[C@H](CO)NC(=O)OCc1ccccc1. The minimum Gasteiger partial charge on any atom is -0.467 e. The summed E-state index contributed by atoms with van der Waals surface area (Å²) < 4.78 is 48.4. The molecule has 0 heterocycles. The van der Waals surface area contributed by atoms with Gasteiger partial charge in [0.2, 0.25) is 5.91 Å². The standard InChI is InChI=1S/C22H23F3N2O6/c1-32-20(30)17(11-15-8-5-9-16(10-15)22(23,24)25)26-19(29)18(12-28)27-21(31)33-13-14-6-3-2-4-7-14/h2-10,17-18,28H,11-13H2,1H3,(H,26,29)(H,27,31)/t17-,18-/m0/s1. The Morgan fingerprint density at radius 2 is 1.64 bits per heavy atom. The average molecular weight is 468 g/mol. The number of aliphatic hydroxyl groups excluding tert-OH is 1. The van der Waals surface area contributed by atoms with E-state index in [9.17, 15) is 32.7 Å². The first-order valence-electron chi connectivity index (χ1n) is 9.76. The summed E-state index contributed by atoms with van der Waals surface area (Å²) in [7, 11) is 1.05. The van der Waals surface area contributed by atoms with E-state index < -0.39 is 48.4 Å². The summed E-state index contributed by atoms with van der Waals surface area (Å²) in [6.45, 7) is -0.892. The number of methoxy groups -OCH3 is 1. The topological polar surface area (TPSA) is 114 Å². The number of hydrogen-bond acceptors (Lipinski definition) is 6. The van der Waals surface area contributed by atoms with Crippen molar-refractivity contribution in [3.8, 4) is 0 Å². The molecule has 178 valence electrons. The molecule has 2 aromatic rings. The summed E-state index contributed by atoms with van der Waals surface area (Å²) in [4.78, 5) is 36.6. The van der Waals surface area contributed by atoms with Crippen LogP contribution < -0.4 is 10.6 Å². The normalized spacial score (nSPS) is 12.9. The van der Waals surface area contributed by atoms with Crippen LogP contribution in [0.25, 0.3) is 0 Å². The molecule has 0 bridgehead atoms. The molecule has 8 nitrogen and oxygen atoms in total. The number of halogens is 3. The fourth-order valence-electron chi connectivity index (χ4n) is 2.82. The van der Waals surface area contributed by atoms with Crippen molar-refractivity contribution >= 4 is 18.0 Å². The molecular weight excluding hydrogens is 445 g/mol. The van der Waals surface area contributed by atoms with Gasteiger partial charge in [-0.2, -0.15) is 13.2 Å². The van der Waals surface area contributed by atoms with Crippen LogP contribution in [0.3, 0.4) is 0 Å². The maximum atomic E-state index is 12.9. The number of carbonyl (C=O) groups is 3. The van der Waals surface area contributed by atoms with Crippen molar-refractivity contribution < 1.29 is 42.1 Å². The van der Waals surface area contributed by atoms with Crippen LogP contribution in [0.4, 0.5) is 18.0 Å². The summed E-state index contributed by atoms with van der Waals surface area (Å²) in [6, 6.07) is 10.2. The van der Waals surface area contributed by atoms with E-state index in [1.807, 2.05) is 0 Å². The molecule has 33 heavy (non-hydrogen) atoms. The molecule has 2 aromatic carbocycles. The molecule has 0 saturated carbocycles. The van der Waals surface area contributed by atoms with Crippen molar-refractivity contribution in [2.75, 3.05) is 13.7 Å².